The number of anilines is 1. The zero-order valence-electron chi connectivity index (χ0n) is 16.0. The Hall–Kier alpha value is -2.68. The third-order valence-corrected chi connectivity index (χ3v) is 6.12. The van der Waals surface area contributed by atoms with Gasteiger partial charge in [0.25, 0.3) is 0 Å². The Balaban J connectivity index is 1.25. The number of aromatic nitrogens is 1. The topological polar surface area (TPSA) is 64.1 Å². The van der Waals surface area contributed by atoms with Gasteiger partial charge in [-0.25, -0.2) is 4.98 Å². The molecule has 160 valence electrons. The number of benzene rings is 1. The van der Waals surface area contributed by atoms with Crippen LogP contribution in [0.4, 0.5) is 19.0 Å². The monoisotopic (exact) mass is 422 g/mol. The Labute approximate surface area is 171 Å². The minimum atomic E-state index is -4.39. The highest BCUT2D eigenvalue weighted by atomic mass is 19.4. The van der Waals surface area contributed by atoms with E-state index in [0.717, 1.165) is 12.3 Å². The first kappa shape index (κ1) is 19.3. The van der Waals surface area contributed by atoms with E-state index in [4.69, 9.17) is 14.2 Å². The summed E-state index contributed by atoms with van der Waals surface area (Å²) in [4.78, 5) is 6.00. The zero-order chi connectivity index (χ0) is 20.9. The molecule has 2 fully saturated rings. The van der Waals surface area contributed by atoms with E-state index in [1.807, 2.05) is 4.90 Å². The molecule has 1 aliphatic carbocycles. The first-order valence-corrected chi connectivity index (χ1v) is 9.89. The molecule has 1 N–H and O–H groups in total. The number of hydrogen-bond acceptors (Lipinski definition) is 6. The molecule has 0 amide bonds. The SMILES string of the molecule is O[C@@H]1C[C@H]2CN(c3ccc(C(F)(F)F)cn3)C[C@H]2C[C@H]1Oc1ccc2c(c1)OCO2. The Bertz CT molecular complexity index is 921. The molecule has 3 aliphatic rings. The van der Waals surface area contributed by atoms with Crippen molar-refractivity contribution < 1.29 is 32.5 Å². The van der Waals surface area contributed by atoms with Crippen molar-refractivity contribution in [2.24, 2.45) is 11.8 Å². The number of pyridine rings is 1. The van der Waals surface area contributed by atoms with Crippen LogP contribution in [0, 0.1) is 11.8 Å². The summed E-state index contributed by atoms with van der Waals surface area (Å²) < 4.78 is 55.0. The molecule has 4 atom stereocenters. The lowest BCUT2D eigenvalue weighted by Crippen LogP contribution is -2.42. The molecule has 1 aromatic carbocycles. The number of nitrogens with zero attached hydrogens (tertiary/aromatic N) is 2. The van der Waals surface area contributed by atoms with Gasteiger partial charge in [0.05, 0.1) is 11.7 Å². The predicted molar refractivity (Wildman–Crippen MR) is 101 cm³/mol. The van der Waals surface area contributed by atoms with Gasteiger partial charge < -0.3 is 24.2 Å². The summed E-state index contributed by atoms with van der Waals surface area (Å²) in [5.41, 5.74) is -0.754. The van der Waals surface area contributed by atoms with Gasteiger partial charge in [-0.3, -0.25) is 0 Å². The van der Waals surface area contributed by atoms with E-state index in [2.05, 4.69) is 4.98 Å². The Morgan fingerprint density at radius 3 is 2.53 bits per heavy atom. The summed E-state index contributed by atoms with van der Waals surface area (Å²) in [5.74, 6) is 2.96. The maximum Gasteiger partial charge on any atom is 0.417 e. The van der Waals surface area contributed by atoms with Crippen molar-refractivity contribution in [2.45, 2.75) is 31.2 Å². The molecule has 0 radical (unpaired) electrons. The van der Waals surface area contributed by atoms with Crippen LogP contribution in [0.3, 0.4) is 0 Å². The smallest absolute Gasteiger partial charge is 0.417 e. The van der Waals surface area contributed by atoms with E-state index in [1.165, 1.54) is 6.07 Å². The molecule has 1 saturated heterocycles. The third-order valence-electron chi connectivity index (χ3n) is 6.12. The molecule has 9 heteroatoms. The van der Waals surface area contributed by atoms with E-state index >= 15 is 0 Å². The minimum Gasteiger partial charge on any atom is -0.488 e. The fraction of sp³-hybridized carbons (Fsp3) is 0.476. The quantitative estimate of drug-likeness (QED) is 0.817. The van der Waals surface area contributed by atoms with Crippen LogP contribution in [-0.2, 0) is 6.18 Å². The number of rotatable bonds is 3. The fourth-order valence-corrected chi connectivity index (χ4v) is 4.57. The molecular formula is C21H21F3N2O4. The van der Waals surface area contributed by atoms with E-state index < -0.39 is 17.8 Å². The molecule has 0 bridgehead atoms. The van der Waals surface area contributed by atoms with Crippen molar-refractivity contribution in [3.8, 4) is 17.2 Å². The van der Waals surface area contributed by atoms with Crippen LogP contribution >= 0.6 is 0 Å². The third kappa shape index (κ3) is 3.62. The number of alkyl halides is 3. The van der Waals surface area contributed by atoms with Gasteiger partial charge in [-0.15, -0.1) is 0 Å². The van der Waals surface area contributed by atoms with E-state index in [-0.39, 0.29) is 24.7 Å². The van der Waals surface area contributed by atoms with Crippen LogP contribution in [0.5, 0.6) is 17.2 Å². The van der Waals surface area contributed by atoms with Crippen molar-refractivity contribution in [1.82, 2.24) is 4.98 Å². The summed E-state index contributed by atoms with van der Waals surface area (Å²) in [6.45, 7) is 1.52. The molecular weight excluding hydrogens is 401 g/mol. The molecule has 3 heterocycles. The number of aliphatic hydroxyl groups excluding tert-OH is 1. The van der Waals surface area contributed by atoms with E-state index in [1.54, 1.807) is 18.2 Å². The summed E-state index contributed by atoms with van der Waals surface area (Å²) in [6, 6.07) is 7.80. The molecule has 5 rings (SSSR count). The van der Waals surface area contributed by atoms with Crippen molar-refractivity contribution in [1.29, 1.82) is 0 Å². The predicted octanol–water partition coefficient (Wildman–Crippen LogP) is 3.48. The second-order valence-corrected chi connectivity index (χ2v) is 8.04. The van der Waals surface area contributed by atoms with Crippen molar-refractivity contribution >= 4 is 5.82 Å². The maximum atomic E-state index is 12.8. The lowest BCUT2D eigenvalue weighted by molar-refractivity contribution is -0.137. The highest BCUT2D eigenvalue weighted by Gasteiger charge is 2.43. The van der Waals surface area contributed by atoms with Crippen molar-refractivity contribution in [3.05, 3.63) is 42.1 Å². The molecule has 1 saturated carbocycles. The Morgan fingerprint density at radius 2 is 1.80 bits per heavy atom. The van der Waals surface area contributed by atoms with Crippen LogP contribution in [0.15, 0.2) is 36.5 Å². The van der Waals surface area contributed by atoms with Gasteiger partial charge in [0.1, 0.15) is 17.7 Å². The Kier molecular flexibility index (Phi) is 4.65. The van der Waals surface area contributed by atoms with Gasteiger partial charge in [-0.2, -0.15) is 13.2 Å². The first-order valence-electron chi connectivity index (χ1n) is 9.89. The van der Waals surface area contributed by atoms with Crippen LogP contribution in [0.1, 0.15) is 18.4 Å². The first-order chi connectivity index (χ1) is 14.4. The number of fused-ring (bicyclic) bond motifs is 2. The van der Waals surface area contributed by atoms with Gasteiger partial charge in [-0.1, -0.05) is 0 Å². The highest BCUT2D eigenvalue weighted by molar-refractivity contribution is 5.47. The van der Waals surface area contributed by atoms with Gasteiger partial charge in [0, 0.05) is 25.4 Å². The van der Waals surface area contributed by atoms with Crippen LogP contribution < -0.4 is 19.1 Å². The summed E-state index contributed by atoms with van der Waals surface area (Å²) in [5, 5.41) is 10.6. The molecule has 1 aromatic heterocycles. The van der Waals surface area contributed by atoms with E-state index in [9.17, 15) is 18.3 Å². The van der Waals surface area contributed by atoms with Crippen LogP contribution in [0.2, 0.25) is 0 Å². The molecule has 6 nitrogen and oxygen atoms in total. The summed E-state index contributed by atoms with van der Waals surface area (Å²) in [6.07, 6.45) is -3.25. The second kappa shape index (κ2) is 7.23. The number of hydrogen-bond donors (Lipinski definition) is 1. The maximum absolute atomic E-state index is 12.8. The molecule has 2 aromatic rings. The second-order valence-electron chi connectivity index (χ2n) is 8.04. The molecule has 0 spiro atoms. The van der Waals surface area contributed by atoms with Gasteiger partial charge >= 0.3 is 6.18 Å². The molecule has 2 aliphatic heterocycles. The lowest BCUT2D eigenvalue weighted by Gasteiger charge is -2.35. The summed E-state index contributed by atoms with van der Waals surface area (Å²) >= 11 is 0. The molecule has 0 unspecified atom stereocenters. The van der Waals surface area contributed by atoms with Crippen molar-refractivity contribution in [3.63, 3.8) is 0 Å². The summed E-state index contributed by atoms with van der Waals surface area (Å²) in [7, 11) is 0. The van der Waals surface area contributed by atoms with Crippen LogP contribution in [0.25, 0.3) is 0 Å². The number of halogens is 3. The number of ether oxygens (including phenoxy) is 3. The normalized spacial score (nSPS) is 27.8. The van der Waals surface area contributed by atoms with Crippen molar-refractivity contribution in [2.75, 3.05) is 24.8 Å². The average molecular weight is 422 g/mol. The number of aliphatic hydroxyl groups is 1. The van der Waals surface area contributed by atoms with E-state index in [0.29, 0.717) is 49.0 Å². The highest BCUT2D eigenvalue weighted by Crippen LogP contribution is 2.41. The minimum absolute atomic E-state index is 0.183. The van der Waals surface area contributed by atoms with Crippen LogP contribution in [-0.4, -0.2) is 42.2 Å². The standard InChI is InChI=1S/C21H21F3N2O4/c22-21(23,24)14-1-4-20(25-8-14)26-9-12-5-16(27)18(6-13(12)10-26)30-15-2-3-17-19(7-15)29-11-28-17/h1-4,7-8,12-13,16,18,27H,5-6,9-11H2/t12-,13+,16+,18+/m0/s1. The average Bonchev–Trinajstić information content (AvgIpc) is 3.34. The zero-order valence-corrected chi connectivity index (χ0v) is 16.0. The van der Waals surface area contributed by atoms with Gasteiger partial charge in [0.2, 0.25) is 6.79 Å². The lowest BCUT2D eigenvalue weighted by atomic mass is 9.78. The Morgan fingerprint density at radius 1 is 1.03 bits per heavy atom. The largest absolute Gasteiger partial charge is 0.488 e. The van der Waals surface area contributed by atoms with Gasteiger partial charge in [0.15, 0.2) is 11.5 Å². The molecule has 30 heavy (non-hydrogen) atoms. The van der Waals surface area contributed by atoms with Gasteiger partial charge in [-0.05, 0) is 48.9 Å². The fourth-order valence-electron chi connectivity index (χ4n) is 4.57.